The van der Waals surface area contributed by atoms with Gasteiger partial charge in [0.25, 0.3) is 0 Å². The van der Waals surface area contributed by atoms with Crippen LogP contribution in [0.4, 0.5) is 0 Å². The van der Waals surface area contributed by atoms with Crippen LogP contribution in [-0.4, -0.2) is 40.8 Å². The summed E-state index contributed by atoms with van der Waals surface area (Å²) in [6.07, 6.45) is 0.771. The lowest BCUT2D eigenvalue weighted by Crippen LogP contribution is -2.44. The van der Waals surface area contributed by atoms with Gasteiger partial charge in [0.2, 0.25) is 5.91 Å². The fourth-order valence-electron chi connectivity index (χ4n) is 0.971. The van der Waals surface area contributed by atoms with E-state index in [0.717, 1.165) is 12.8 Å². The van der Waals surface area contributed by atoms with Gasteiger partial charge in [0, 0.05) is 0 Å². The molecule has 6 heteroatoms. The first-order valence-corrected chi connectivity index (χ1v) is 4.93. The number of aliphatic carboxylic acids is 1. The lowest BCUT2D eigenvalue weighted by atomic mass is 10.1. The summed E-state index contributed by atoms with van der Waals surface area (Å²) in [4.78, 5) is 21.5. The number of rotatable bonds is 7. The van der Waals surface area contributed by atoms with Crippen molar-refractivity contribution in [3.63, 3.8) is 0 Å². The van der Waals surface area contributed by atoms with Gasteiger partial charge in [0.15, 0.2) is 6.10 Å². The van der Waals surface area contributed by atoms with Gasteiger partial charge in [-0.25, -0.2) is 4.79 Å². The van der Waals surface area contributed by atoms with Gasteiger partial charge in [-0.2, -0.15) is 0 Å². The zero-order valence-electron chi connectivity index (χ0n) is 8.77. The fraction of sp³-hybridized carbons (Fsp3) is 0.778. The van der Waals surface area contributed by atoms with Crippen LogP contribution in [0.5, 0.6) is 0 Å². The number of aliphatic hydroxyl groups is 1. The second-order valence-electron chi connectivity index (χ2n) is 3.35. The van der Waals surface area contributed by atoms with E-state index in [-0.39, 0.29) is 6.54 Å². The molecule has 5 N–H and O–H groups in total. The number of hydrogen-bond donors (Lipinski definition) is 4. The smallest absolute Gasteiger partial charge is 0.334 e. The van der Waals surface area contributed by atoms with Gasteiger partial charge in [-0.05, 0) is 6.42 Å². The highest BCUT2D eigenvalue weighted by atomic mass is 16.4. The van der Waals surface area contributed by atoms with E-state index in [1.165, 1.54) is 0 Å². The molecule has 0 aliphatic carbocycles. The highest BCUT2D eigenvalue weighted by Crippen LogP contribution is 1.97. The minimum Gasteiger partial charge on any atom is -0.479 e. The molecule has 0 saturated heterocycles. The average Bonchev–Trinajstić information content (AvgIpc) is 2.21. The number of aliphatic hydroxyl groups excluding tert-OH is 1. The van der Waals surface area contributed by atoms with Crippen LogP contribution in [-0.2, 0) is 9.59 Å². The first-order valence-electron chi connectivity index (χ1n) is 4.93. The van der Waals surface area contributed by atoms with Crippen LogP contribution < -0.4 is 11.1 Å². The molecule has 1 amide bonds. The Morgan fingerprint density at radius 2 is 2.07 bits per heavy atom. The van der Waals surface area contributed by atoms with Crippen LogP contribution in [0.3, 0.4) is 0 Å². The standard InChI is InChI=1S/C9H18N2O4/c1-2-3-4-6(10)8(13)11-5-7(12)9(14)15/h6-7,12H,2-5,10H2,1H3,(H,11,13)(H,14,15)/t6-,7-/m0/s1. The second-order valence-corrected chi connectivity index (χ2v) is 3.35. The summed E-state index contributed by atoms with van der Waals surface area (Å²) >= 11 is 0. The summed E-state index contributed by atoms with van der Waals surface area (Å²) in [7, 11) is 0. The third-order valence-electron chi connectivity index (χ3n) is 1.96. The largest absolute Gasteiger partial charge is 0.479 e. The number of nitrogens with one attached hydrogen (secondary N) is 1. The molecule has 0 spiro atoms. The Morgan fingerprint density at radius 3 is 2.53 bits per heavy atom. The monoisotopic (exact) mass is 218 g/mol. The highest BCUT2D eigenvalue weighted by Gasteiger charge is 2.17. The van der Waals surface area contributed by atoms with Crippen molar-refractivity contribution in [2.24, 2.45) is 5.73 Å². The molecule has 6 nitrogen and oxygen atoms in total. The van der Waals surface area contributed by atoms with E-state index in [0.29, 0.717) is 6.42 Å². The lowest BCUT2D eigenvalue weighted by molar-refractivity contribution is -0.146. The van der Waals surface area contributed by atoms with Crippen molar-refractivity contribution in [3.8, 4) is 0 Å². The summed E-state index contributed by atoms with van der Waals surface area (Å²) in [6.45, 7) is 1.67. The predicted octanol–water partition coefficient (Wildman–Crippen LogP) is -0.934. The van der Waals surface area contributed by atoms with E-state index in [2.05, 4.69) is 5.32 Å². The maximum Gasteiger partial charge on any atom is 0.334 e. The number of carbonyl (C=O) groups is 2. The predicted molar refractivity (Wildman–Crippen MR) is 54.2 cm³/mol. The molecule has 88 valence electrons. The Kier molecular flexibility index (Phi) is 6.64. The topological polar surface area (TPSA) is 113 Å². The van der Waals surface area contributed by atoms with Gasteiger partial charge >= 0.3 is 5.97 Å². The van der Waals surface area contributed by atoms with E-state index in [4.69, 9.17) is 15.9 Å². The molecule has 0 aromatic carbocycles. The van der Waals surface area contributed by atoms with E-state index in [9.17, 15) is 9.59 Å². The minimum atomic E-state index is -1.58. The molecule has 0 rings (SSSR count). The molecule has 2 atom stereocenters. The van der Waals surface area contributed by atoms with Crippen LogP contribution in [0.2, 0.25) is 0 Å². The molecule has 0 aromatic rings. The van der Waals surface area contributed by atoms with E-state index in [1.807, 2.05) is 6.92 Å². The van der Waals surface area contributed by atoms with Crippen molar-refractivity contribution < 1.29 is 19.8 Å². The molecule has 0 bridgehead atoms. The SMILES string of the molecule is CCCC[C@H](N)C(=O)NC[C@H](O)C(=O)O. The van der Waals surface area contributed by atoms with Crippen LogP contribution in [0, 0.1) is 0 Å². The molecule has 0 radical (unpaired) electrons. The normalized spacial score (nSPS) is 14.3. The number of carboxylic acid groups (broad SMARTS) is 1. The van der Waals surface area contributed by atoms with Crippen LogP contribution in [0.25, 0.3) is 0 Å². The van der Waals surface area contributed by atoms with Crippen LogP contribution in [0.1, 0.15) is 26.2 Å². The molecule has 0 saturated carbocycles. The van der Waals surface area contributed by atoms with Crippen molar-refractivity contribution in [1.29, 1.82) is 0 Å². The molecule has 0 aromatic heterocycles. The number of hydrogen-bond acceptors (Lipinski definition) is 4. The Bertz CT molecular complexity index is 220. The van der Waals surface area contributed by atoms with Crippen molar-refractivity contribution in [2.75, 3.05) is 6.54 Å². The minimum absolute atomic E-state index is 0.312. The van der Waals surface area contributed by atoms with Gasteiger partial charge < -0.3 is 21.3 Å². The molecule has 0 aliphatic rings. The maximum atomic E-state index is 11.2. The Labute approximate surface area is 88.5 Å². The number of carbonyl (C=O) groups excluding carboxylic acids is 1. The molecule has 0 aliphatic heterocycles. The molecule has 0 heterocycles. The maximum absolute atomic E-state index is 11.2. The van der Waals surface area contributed by atoms with Crippen molar-refractivity contribution in [3.05, 3.63) is 0 Å². The summed E-state index contributed by atoms with van der Waals surface area (Å²) in [5.74, 6) is -1.79. The zero-order chi connectivity index (χ0) is 11.8. The third-order valence-corrected chi connectivity index (χ3v) is 1.96. The van der Waals surface area contributed by atoms with E-state index >= 15 is 0 Å². The molecular weight excluding hydrogens is 200 g/mol. The average molecular weight is 218 g/mol. The van der Waals surface area contributed by atoms with Gasteiger partial charge in [-0.15, -0.1) is 0 Å². The van der Waals surface area contributed by atoms with E-state index in [1.54, 1.807) is 0 Å². The highest BCUT2D eigenvalue weighted by molar-refractivity contribution is 5.82. The van der Waals surface area contributed by atoms with Crippen LogP contribution >= 0.6 is 0 Å². The van der Waals surface area contributed by atoms with Gasteiger partial charge in [0.1, 0.15) is 0 Å². The van der Waals surface area contributed by atoms with Crippen LogP contribution in [0.15, 0.2) is 0 Å². The summed E-state index contributed by atoms with van der Waals surface area (Å²) < 4.78 is 0. The van der Waals surface area contributed by atoms with Gasteiger partial charge in [0.05, 0.1) is 12.6 Å². The van der Waals surface area contributed by atoms with Gasteiger partial charge in [-0.3, -0.25) is 4.79 Å². The fourth-order valence-corrected chi connectivity index (χ4v) is 0.971. The quantitative estimate of drug-likeness (QED) is 0.441. The summed E-state index contributed by atoms with van der Waals surface area (Å²) in [6, 6.07) is -0.633. The number of carboxylic acids is 1. The first kappa shape index (κ1) is 13.9. The molecule has 0 unspecified atom stereocenters. The number of amides is 1. The molecule has 15 heavy (non-hydrogen) atoms. The van der Waals surface area contributed by atoms with Gasteiger partial charge in [-0.1, -0.05) is 19.8 Å². The Balaban J connectivity index is 3.77. The van der Waals surface area contributed by atoms with Crippen molar-refractivity contribution >= 4 is 11.9 Å². The zero-order valence-corrected chi connectivity index (χ0v) is 8.77. The first-order chi connectivity index (χ1) is 6.99. The Morgan fingerprint density at radius 1 is 1.47 bits per heavy atom. The lowest BCUT2D eigenvalue weighted by Gasteiger charge is -2.12. The molecule has 0 fully saturated rings. The van der Waals surface area contributed by atoms with Crippen molar-refractivity contribution in [1.82, 2.24) is 5.32 Å². The van der Waals surface area contributed by atoms with Crippen molar-refractivity contribution in [2.45, 2.75) is 38.3 Å². The summed E-state index contributed by atoms with van der Waals surface area (Å²) in [5, 5.41) is 19.5. The Hall–Kier alpha value is -1.14. The summed E-state index contributed by atoms with van der Waals surface area (Å²) in [5.41, 5.74) is 5.52. The molecular formula is C9H18N2O4. The third kappa shape index (κ3) is 6.03. The number of nitrogens with two attached hydrogens (primary N) is 1. The second kappa shape index (κ2) is 7.19. The number of unbranched alkanes of at least 4 members (excludes halogenated alkanes) is 1. The van der Waals surface area contributed by atoms with E-state index < -0.39 is 24.0 Å².